The zero-order chi connectivity index (χ0) is 13.0. The minimum absolute atomic E-state index is 0.248. The molecule has 0 aliphatic heterocycles. The summed E-state index contributed by atoms with van der Waals surface area (Å²) in [5.41, 5.74) is 2.44. The maximum atomic E-state index is 6.13. The summed E-state index contributed by atoms with van der Waals surface area (Å²) in [6, 6.07) is 10.4. The summed E-state index contributed by atoms with van der Waals surface area (Å²) in [6.07, 6.45) is 4.55. The molecule has 1 heterocycles. The maximum absolute atomic E-state index is 6.13. The first-order valence-electron chi connectivity index (χ1n) is 5.72. The Balaban J connectivity index is 2.20. The lowest BCUT2D eigenvalue weighted by molar-refractivity contribution is 0.591. The molecule has 94 valence electrons. The van der Waals surface area contributed by atoms with Crippen LogP contribution >= 0.6 is 27.5 Å². The lowest BCUT2D eigenvalue weighted by Crippen LogP contribution is -2.18. The van der Waals surface area contributed by atoms with Crippen molar-refractivity contribution in [3.8, 4) is 0 Å². The number of pyridine rings is 1. The van der Waals surface area contributed by atoms with E-state index in [0.29, 0.717) is 0 Å². The number of likely N-dealkylation sites (N-methyl/N-ethyl adjacent to an activating group) is 1. The van der Waals surface area contributed by atoms with Crippen molar-refractivity contribution in [3.05, 3.63) is 63.3 Å². The third kappa shape index (κ3) is 3.31. The SMILES string of the molecule is CNC(Cc1ccncc1)c1ccc(Br)c(Cl)c1. The fourth-order valence-electron chi connectivity index (χ4n) is 1.87. The molecule has 0 bridgehead atoms. The fraction of sp³-hybridized carbons (Fsp3) is 0.214. The van der Waals surface area contributed by atoms with E-state index < -0.39 is 0 Å². The van der Waals surface area contributed by atoms with Crippen molar-refractivity contribution >= 4 is 27.5 Å². The highest BCUT2D eigenvalue weighted by molar-refractivity contribution is 9.10. The van der Waals surface area contributed by atoms with Crippen LogP contribution in [-0.4, -0.2) is 12.0 Å². The van der Waals surface area contributed by atoms with Gasteiger partial charge in [0, 0.05) is 22.9 Å². The number of rotatable bonds is 4. The molecule has 0 aliphatic rings. The van der Waals surface area contributed by atoms with Gasteiger partial charge in [-0.05, 0) is 64.8 Å². The molecule has 0 spiro atoms. The topological polar surface area (TPSA) is 24.9 Å². The molecule has 1 atom stereocenters. The Morgan fingerprint density at radius 3 is 2.61 bits per heavy atom. The van der Waals surface area contributed by atoms with E-state index in [2.05, 4.69) is 32.3 Å². The smallest absolute Gasteiger partial charge is 0.0551 e. The van der Waals surface area contributed by atoms with E-state index >= 15 is 0 Å². The Kier molecular flexibility index (Phi) is 4.75. The van der Waals surface area contributed by atoms with Crippen molar-refractivity contribution in [3.63, 3.8) is 0 Å². The average Bonchev–Trinajstić information content (AvgIpc) is 2.40. The highest BCUT2D eigenvalue weighted by Crippen LogP contribution is 2.27. The third-order valence-corrected chi connectivity index (χ3v) is 4.12. The number of hydrogen-bond donors (Lipinski definition) is 1. The van der Waals surface area contributed by atoms with Gasteiger partial charge in [0.15, 0.2) is 0 Å². The third-order valence-electron chi connectivity index (χ3n) is 2.88. The highest BCUT2D eigenvalue weighted by Gasteiger charge is 2.11. The quantitative estimate of drug-likeness (QED) is 0.919. The van der Waals surface area contributed by atoms with Crippen molar-refractivity contribution in [1.29, 1.82) is 0 Å². The van der Waals surface area contributed by atoms with E-state index in [1.165, 1.54) is 11.1 Å². The van der Waals surface area contributed by atoms with E-state index in [9.17, 15) is 0 Å². The summed E-state index contributed by atoms with van der Waals surface area (Å²) >= 11 is 9.54. The Bertz CT molecular complexity index is 516. The fourth-order valence-corrected chi connectivity index (χ4v) is 2.31. The van der Waals surface area contributed by atoms with Crippen molar-refractivity contribution < 1.29 is 0 Å². The molecule has 0 radical (unpaired) electrons. The number of nitrogens with one attached hydrogen (secondary N) is 1. The van der Waals surface area contributed by atoms with Gasteiger partial charge in [0.1, 0.15) is 0 Å². The summed E-state index contributed by atoms with van der Waals surface area (Å²) in [5, 5.41) is 4.06. The lowest BCUT2D eigenvalue weighted by Gasteiger charge is -2.17. The molecule has 4 heteroatoms. The normalized spacial score (nSPS) is 12.4. The molecule has 1 N–H and O–H groups in total. The number of halogens is 2. The molecule has 2 rings (SSSR count). The molecule has 18 heavy (non-hydrogen) atoms. The first-order chi connectivity index (χ1) is 8.70. The molecule has 1 aromatic carbocycles. The summed E-state index contributed by atoms with van der Waals surface area (Å²) in [6.45, 7) is 0. The van der Waals surface area contributed by atoms with Gasteiger partial charge in [-0.25, -0.2) is 0 Å². The van der Waals surface area contributed by atoms with Gasteiger partial charge in [-0.1, -0.05) is 17.7 Å². The number of hydrogen-bond acceptors (Lipinski definition) is 2. The molecule has 0 saturated carbocycles. The van der Waals surface area contributed by atoms with Gasteiger partial charge in [0.2, 0.25) is 0 Å². The van der Waals surface area contributed by atoms with Crippen LogP contribution in [0.4, 0.5) is 0 Å². The Morgan fingerprint density at radius 2 is 2.00 bits per heavy atom. The van der Waals surface area contributed by atoms with Crippen LogP contribution in [0.15, 0.2) is 47.2 Å². The molecule has 0 saturated heterocycles. The number of aromatic nitrogens is 1. The molecule has 1 aromatic heterocycles. The molecule has 0 amide bonds. The predicted molar refractivity (Wildman–Crippen MR) is 78.9 cm³/mol. The molecule has 0 aliphatic carbocycles. The van der Waals surface area contributed by atoms with Gasteiger partial charge in [-0.2, -0.15) is 0 Å². The van der Waals surface area contributed by atoms with Crippen LogP contribution in [0.2, 0.25) is 5.02 Å². The van der Waals surface area contributed by atoms with Crippen molar-refractivity contribution in [2.24, 2.45) is 0 Å². The van der Waals surface area contributed by atoms with Gasteiger partial charge in [0.25, 0.3) is 0 Å². The molecule has 2 nitrogen and oxygen atoms in total. The largest absolute Gasteiger partial charge is 0.313 e. The van der Waals surface area contributed by atoms with Crippen LogP contribution in [0.25, 0.3) is 0 Å². The zero-order valence-corrected chi connectivity index (χ0v) is 12.4. The second-order valence-corrected chi connectivity index (χ2v) is 5.34. The van der Waals surface area contributed by atoms with Gasteiger partial charge in [-0.3, -0.25) is 4.98 Å². The molecular weight excluding hydrogens is 312 g/mol. The first kappa shape index (κ1) is 13.5. The minimum atomic E-state index is 0.248. The Labute approximate surface area is 121 Å². The van der Waals surface area contributed by atoms with E-state index in [4.69, 9.17) is 11.6 Å². The lowest BCUT2D eigenvalue weighted by atomic mass is 10.00. The minimum Gasteiger partial charge on any atom is -0.313 e. The van der Waals surface area contributed by atoms with E-state index in [1.807, 2.05) is 43.7 Å². The average molecular weight is 326 g/mol. The first-order valence-corrected chi connectivity index (χ1v) is 6.89. The summed E-state index contributed by atoms with van der Waals surface area (Å²) in [7, 11) is 1.96. The zero-order valence-electron chi connectivity index (χ0n) is 10.0. The molecule has 2 aromatic rings. The highest BCUT2D eigenvalue weighted by atomic mass is 79.9. The number of benzene rings is 1. The van der Waals surface area contributed by atoms with E-state index in [0.717, 1.165) is 15.9 Å². The van der Waals surface area contributed by atoms with Gasteiger partial charge >= 0.3 is 0 Å². The maximum Gasteiger partial charge on any atom is 0.0551 e. The van der Waals surface area contributed by atoms with Gasteiger partial charge in [-0.15, -0.1) is 0 Å². The van der Waals surface area contributed by atoms with Crippen LogP contribution in [0.5, 0.6) is 0 Å². The molecular formula is C14H14BrClN2. The second-order valence-electron chi connectivity index (χ2n) is 4.07. The molecule has 1 unspecified atom stereocenters. The monoisotopic (exact) mass is 324 g/mol. The van der Waals surface area contributed by atoms with Crippen LogP contribution in [0.3, 0.4) is 0 Å². The van der Waals surface area contributed by atoms with Crippen LogP contribution in [0.1, 0.15) is 17.2 Å². The Hall–Kier alpha value is -0.900. The van der Waals surface area contributed by atoms with Crippen molar-refractivity contribution in [2.45, 2.75) is 12.5 Å². The van der Waals surface area contributed by atoms with E-state index in [-0.39, 0.29) is 6.04 Å². The van der Waals surface area contributed by atoms with Crippen LogP contribution in [0, 0.1) is 0 Å². The van der Waals surface area contributed by atoms with Crippen molar-refractivity contribution in [2.75, 3.05) is 7.05 Å². The Morgan fingerprint density at radius 1 is 1.28 bits per heavy atom. The summed E-state index contributed by atoms with van der Waals surface area (Å²) < 4.78 is 0.923. The van der Waals surface area contributed by atoms with Gasteiger partial charge < -0.3 is 5.32 Å². The number of nitrogens with zero attached hydrogens (tertiary/aromatic N) is 1. The van der Waals surface area contributed by atoms with Crippen molar-refractivity contribution in [1.82, 2.24) is 10.3 Å². The van der Waals surface area contributed by atoms with E-state index in [1.54, 1.807) is 0 Å². The second kappa shape index (κ2) is 6.32. The van der Waals surface area contributed by atoms with Crippen LogP contribution < -0.4 is 5.32 Å². The summed E-state index contributed by atoms with van der Waals surface area (Å²) in [4.78, 5) is 4.03. The standard InChI is InChI=1S/C14H14BrClN2/c1-17-14(8-10-4-6-18-7-5-10)11-2-3-12(15)13(16)9-11/h2-7,9,14,17H,8H2,1H3. The predicted octanol–water partition coefficient (Wildman–Crippen LogP) is 4.00. The van der Waals surface area contributed by atoms with Gasteiger partial charge in [0.05, 0.1) is 5.02 Å². The summed E-state index contributed by atoms with van der Waals surface area (Å²) in [5.74, 6) is 0. The van der Waals surface area contributed by atoms with Crippen LogP contribution in [-0.2, 0) is 6.42 Å². The molecule has 0 fully saturated rings.